The third-order valence-corrected chi connectivity index (χ3v) is 6.51. The molecule has 27 heavy (non-hydrogen) atoms. The first-order chi connectivity index (χ1) is 12.8. The molecular formula is C18H21IN6O2. The first-order valence-electron chi connectivity index (χ1n) is 8.87. The second kappa shape index (κ2) is 6.47. The molecule has 4 rings (SSSR count). The normalized spacial score (nSPS) is 15.3. The smallest absolute Gasteiger partial charge is 0.261 e. The SMILES string of the molecule is Cc1oc2ncnc(N(I)C3(C)CC3)c2c1C(=O)Nc1ccn(C(C)C)n1. The standard InChI is InChI=1S/C18H21IN6O2/c1-10(2)24-8-5-12(23-24)22-16(26)13-11(3)27-17-14(13)15(20-9-21-17)25(19)18(4)6-7-18/h5,8-10H,6-7H2,1-4H3,(H,22,23,26). The maximum Gasteiger partial charge on any atom is 0.261 e. The summed E-state index contributed by atoms with van der Waals surface area (Å²) in [7, 11) is 0. The lowest BCUT2D eigenvalue weighted by Crippen LogP contribution is -2.26. The second-order valence-corrected chi connectivity index (χ2v) is 8.38. The summed E-state index contributed by atoms with van der Waals surface area (Å²) in [5, 5.41) is 7.89. The minimum atomic E-state index is -0.276. The number of hydrogen-bond acceptors (Lipinski definition) is 6. The Labute approximate surface area is 170 Å². The van der Waals surface area contributed by atoms with Crippen LogP contribution in [0.4, 0.5) is 11.6 Å². The van der Waals surface area contributed by atoms with E-state index in [2.05, 4.69) is 53.3 Å². The number of halogens is 1. The Balaban J connectivity index is 1.74. The number of carbonyl (C=O) groups excluding carboxylic acids is 1. The number of rotatable bonds is 5. The van der Waals surface area contributed by atoms with Crippen LogP contribution in [0.2, 0.25) is 0 Å². The summed E-state index contributed by atoms with van der Waals surface area (Å²) in [6.45, 7) is 8.01. The Kier molecular flexibility index (Phi) is 4.36. The van der Waals surface area contributed by atoms with Crippen LogP contribution in [0.25, 0.3) is 11.1 Å². The van der Waals surface area contributed by atoms with Gasteiger partial charge in [-0.25, -0.2) is 9.97 Å². The van der Waals surface area contributed by atoms with E-state index in [9.17, 15) is 4.79 Å². The van der Waals surface area contributed by atoms with Crippen molar-refractivity contribution in [2.75, 3.05) is 8.43 Å². The number of amides is 1. The molecule has 3 heterocycles. The number of carbonyl (C=O) groups is 1. The van der Waals surface area contributed by atoms with E-state index < -0.39 is 0 Å². The van der Waals surface area contributed by atoms with Gasteiger partial charge in [-0.05, 0) is 40.5 Å². The predicted octanol–water partition coefficient (Wildman–Crippen LogP) is 4.27. The van der Waals surface area contributed by atoms with Crippen LogP contribution in [0.1, 0.15) is 55.8 Å². The summed E-state index contributed by atoms with van der Waals surface area (Å²) in [5.74, 6) is 1.44. The molecule has 142 valence electrons. The second-order valence-electron chi connectivity index (χ2n) is 7.42. The Morgan fingerprint density at radius 2 is 2.15 bits per heavy atom. The molecular weight excluding hydrogens is 459 g/mol. The van der Waals surface area contributed by atoms with Crippen LogP contribution in [0.3, 0.4) is 0 Å². The van der Waals surface area contributed by atoms with Gasteiger partial charge in [0.15, 0.2) is 11.6 Å². The first kappa shape index (κ1) is 18.2. The molecule has 1 N–H and O–H groups in total. The third-order valence-electron chi connectivity index (χ3n) is 4.88. The molecule has 0 unspecified atom stereocenters. The molecule has 1 aliphatic carbocycles. The zero-order chi connectivity index (χ0) is 19.3. The summed E-state index contributed by atoms with van der Waals surface area (Å²) >= 11 is 2.26. The van der Waals surface area contributed by atoms with Crippen LogP contribution < -0.4 is 8.43 Å². The minimum Gasteiger partial charge on any atom is -0.442 e. The Morgan fingerprint density at radius 1 is 1.41 bits per heavy atom. The van der Waals surface area contributed by atoms with Crippen molar-refractivity contribution < 1.29 is 9.21 Å². The highest BCUT2D eigenvalue weighted by molar-refractivity contribution is 14.1. The average Bonchev–Trinajstić information content (AvgIpc) is 3.05. The van der Waals surface area contributed by atoms with Crippen LogP contribution >= 0.6 is 22.9 Å². The monoisotopic (exact) mass is 480 g/mol. The van der Waals surface area contributed by atoms with Crippen LogP contribution in [0.5, 0.6) is 0 Å². The zero-order valence-electron chi connectivity index (χ0n) is 15.7. The van der Waals surface area contributed by atoms with E-state index in [1.54, 1.807) is 17.7 Å². The number of nitrogens with zero attached hydrogens (tertiary/aromatic N) is 5. The van der Waals surface area contributed by atoms with Crippen molar-refractivity contribution in [1.29, 1.82) is 0 Å². The van der Waals surface area contributed by atoms with Crippen LogP contribution in [0, 0.1) is 6.92 Å². The van der Waals surface area contributed by atoms with Crippen LogP contribution in [-0.2, 0) is 0 Å². The maximum absolute atomic E-state index is 13.0. The van der Waals surface area contributed by atoms with Gasteiger partial charge in [-0.1, -0.05) is 0 Å². The van der Waals surface area contributed by atoms with Gasteiger partial charge in [0.25, 0.3) is 5.91 Å². The molecule has 3 aromatic rings. The van der Waals surface area contributed by atoms with Crippen LogP contribution in [0.15, 0.2) is 23.0 Å². The molecule has 0 aromatic carbocycles. The molecule has 0 aliphatic heterocycles. The van der Waals surface area contributed by atoms with Crippen molar-refractivity contribution in [2.24, 2.45) is 0 Å². The van der Waals surface area contributed by atoms with Crippen LogP contribution in [-0.4, -0.2) is 31.2 Å². The molecule has 0 bridgehead atoms. The fourth-order valence-electron chi connectivity index (χ4n) is 2.96. The van der Waals surface area contributed by atoms with E-state index in [-0.39, 0.29) is 17.5 Å². The third kappa shape index (κ3) is 3.17. The molecule has 3 aromatic heterocycles. The molecule has 0 atom stereocenters. The van der Waals surface area contributed by atoms with Crippen molar-refractivity contribution in [3.8, 4) is 0 Å². The van der Waals surface area contributed by atoms with E-state index >= 15 is 0 Å². The quantitative estimate of drug-likeness (QED) is 0.434. The number of anilines is 2. The highest BCUT2D eigenvalue weighted by atomic mass is 127. The molecule has 1 amide bonds. The van der Waals surface area contributed by atoms with Gasteiger partial charge < -0.3 is 9.73 Å². The van der Waals surface area contributed by atoms with Gasteiger partial charge in [-0.3, -0.25) is 12.6 Å². The largest absolute Gasteiger partial charge is 0.442 e. The van der Waals surface area contributed by atoms with Gasteiger partial charge in [0, 0.05) is 23.8 Å². The lowest BCUT2D eigenvalue weighted by atomic mass is 10.1. The highest BCUT2D eigenvalue weighted by Gasteiger charge is 2.44. The Morgan fingerprint density at radius 3 is 2.78 bits per heavy atom. The predicted molar refractivity (Wildman–Crippen MR) is 111 cm³/mol. The number of nitrogens with one attached hydrogen (secondary N) is 1. The minimum absolute atomic E-state index is 0.0524. The summed E-state index contributed by atoms with van der Waals surface area (Å²) < 4.78 is 9.65. The van der Waals surface area contributed by atoms with E-state index in [1.807, 2.05) is 20.0 Å². The molecule has 1 aliphatic rings. The van der Waals surface area contributed by atoms with Gasteiger partial charge in [-0.15, -0.1) is 0 Å². The van der Waals surface area contributed by atoms with Gasteiger partial charge in [0.05, 0.1) is 33.8 Å². The number of furan rings is 1. The molecule has 0 radical (unpaired) electrons. The average molecular weight is 480 g/mol. The fraction of sp³-hybridized carbons (Fsp3) is 0.444. The Hall–Kier alpha value is -2.17. The summed E-state index contributed by atoms with van der Waals surface area (Å²) in [5.41, 5.74) is 0.920. The van der Waals surface area contributed by atoms with Crippen molar-refractivity contribution in [1.82, 2.24) is 19.7 Å². The lowest BCUT2D eigenvalue weighted by Gasteiger charge is -2.23. The van der Waals surface area contributed by atoms with E-state index in [1.165, 1.54) is 6.33 Å². The van der Waals surface area contributed by atoms with E-state index in [4.69, 9.17) is 4.42 Å². The van der Waals surface area contributed by atoms with E-state index in [0.717, 1.165) is 12.8 Å². The molecule has 0 saturated heterocycles. The van der Waals surface area contributed by atoms with Crippen molar-refractivity contribution in [2.45, 2.75) is 52.1 Å². The molecule has 1 saturated carbocycles. The number of fused-ring (bicyclic) bond motifs is 1. The topological polar surface area (TPSA) is 89.1 Å². The molecule has 8 nitrogen and oxygen atoms in total. The molecule has 0 spiro atoms. The highest BCUT2D eigenvalue weighted by Crippen LogP contribution is 2.47. The van der Waals surface area contributed by atoms with Crippen molar-refractivity contribution >= 4 is 51.5 Å². The Bertz CT molecular complexity index is 1020. The summed E-state index contributed by atoms with van der Waals surface area (Å²) in [4.78, 5) is 21.7. The molecule has 1 fully saturated rings. The fourth-order valence-corrected chi connectivity index (χ4v) is 3.80. The zero-order valence-corrected chi connectivity index (χ0v) is 17.8. The summed E-state index contributed by atoms with van der Waals surface area (Å²) in [6.07, 6.45) is 5.50. The number of aromatic nitrogens is 4. The van der Waals surface area contributed by atoms with Gasteiger partial charge in [-0.2, -0.15) is 5.10 Å². The van der Waals surface area contributed by atoms with Gasteiger partial charge in [0.1, 0.15) is 12.1 Å². The van der Waals surface area contributed by atoms with E-state index in [0.29, 0.717) is 34.1 Å². The van der Waals surface area contributed by atoms with Crippen molar-refractivity contribution in [3.05, 3.63) is 29.9 Å². The maximum atomic E-state index is 13.0. The van der Waals surface area contributed by atoms with Crippen molar-refractivity contribution in [3.63, 3.8) is 0 Å². The number of aryl methyl sites for hydroxylation is 1. The van der Waals surface area contributed by atoms with Gasteiger partial charge in [0.2, 0.25) is 5.71 Å². The van der Waals surface area contributed by atoms with Gasteiger partial charge >= 0.3 is 0 Å². The number of hydrogen-bond donors (Lipinski definition) is 1. The molecule has 9 heteroatoms. The lowest BCUT2D eigenvalue weighted by molar-refractivity contribution is 0.102. The first-order valence-corrected chi connectivity index (χ1v) is 9.83. The summed E-state index contributed by atoms with van der Waals surface area (Å²) in [6, 6.07) is 2.00.